The molecule has 29 heavy (non-hydrogen) atoms. The van der Waals surface area contributed by atoms with Gasteiger partial charge in [0.15, 0.2) is 0 Å². The van der Waals surface area contributed by atoms with Crippen LogP contribution in [0, 0.1) is 40.4 Å². The molecule has 1 heterocycles. The summed E-state index contributed by atoms with van der Waals surface area (Å²) < 4.78 is 0. The minimum absolute atomic E-state index is 0.0539. The summed E-state index contributed by atoms with van der Waals surface area (Å²) in [5, 5.41) is 10.2. The van der Waals surface area contributed by atoms with Gasteiger partial charge in [-0.05, 0) is 118 Å². The molecule has 1 saturated heterocycles. The van der Waals surface area contributed by atoms with Crippen LogP contribution in [0.3, 0.4) is 0 Å². The predicted molar refractivity (Wildman–Crippen MR) is 117 cm³/mol. The van der Waals surface area contributed by atoms with Crippen molar-refractivity contribution < 1.29 is 9.90 Å². The lowest BCUT2D eigenvalue weighted by Gasteiger charge is -2.60. The van der Waals surface area contributed by atoms with Gasteiger partial charge in [0.2, 0.25) is 0 Å². The maximum Gasteiger partial charge on any atom is 0.150 e. The number of aliphatic hydroxyl groups excluding tert-OH is 1. The summed E-state index contributed by atoms with van der Waals surface area (Å²) in [4.78, 5) is 15.8. The van der Waals surface area contributed by atoms with E-state index in [9.17, 15) is 9.90 Å². The van der Waals surface area contributed by atoms with E-state index < -0.39 is 0 Å². The Hall–Kier alpha value is -0.410. The third kappa shape index (κ3) is 3.34. The van der Waals surface area contributed by atoms with Crippen LogP contribution in [-0.2, 0) is 4.79 Å². The fourth-order valence-corrected chi connectivity index (χ4v) is 9.21. The molecule has 4 saturated carbocycles. The summed E-state index contributed by atoms with van der Waals surface area (Å²) >= 11 is 0. The van der Waals surface area contributed by atoms with E-state index >= 15 is 0 Å². The maximum absolute atomic E-state index is 13.4. The zero-order valence-electron chi connectivity index (χ0n) is 18.9. The highest BCUT2D eigenvalue weighted by Gasteiger charge is 2.61. The fraction of sp³-hybridized carbons (Fsp3) is 0.962. The molecular weight excluding hydrogens is 358 g/mol. The molecule has 164 valence electrons. The van der Waals surface area contributed by atoms with Crippen molar-refractivity contribution in [3.8, 4) is 0 Å². The standard InChI is InChI=1S/C26H43NO2/c1-25-12-10-19(28)16-18(25)6-7-20-21-8-9-23(26(21,2)13-11-22(20)25)24(29)17-27-14-4-3-5-15-27/h18-23,28H,3-17H2,1-2H3/t18-,19-,20-,21-,22-,23+,25-,26-/m0/s1. The van der Waals surface area contributed by atoms with E-state index in [1.165, 1.54) is 57.8 Å². The first kappa shape index (κ1) is 20.5. The molecule has 0 spiro atoms. The molecule has 0 radical (unpaired) electrons. The van der Waals surface area contributed by atoms with Crippen LogP contribution in [0.4, 0.5) is 0 Å². The number of likely N-dealkylation sites (tertiary alicyclic amines) is 1. The second-order valence-electron chi connectivity index (χ2n) is 12.1. The minimum atomic E-state index is -0.0539. The molecule has 5 aliphatic rings. The number of hydrogen-bond donors (Lipinski definition) is 1. The lowest BCUT2D eigenvalue weighted by molar-refractivity contribution is -0.140. The smallest absolute Gasteiger partial charge is 0.150 e. The monoisotopic (exact) mass is 401 g/mol. The van der Waals surface area contributed by atoms with Gasteiger partial charge in [-0.15, -0.1) is 0 Å². The number of ketones is 1. The Morgan fingerprint density at radius 1 is 0.897 bits per heavy atom. The second-order valence-corrected chi connectivity index (χ2v) is 12.1. The lowest BCUT2D eigenvalue weighted by atomic mass is 9.44. The van der Waals surface area contributed by atoms with Gasteiger partial charge in [0, 0.05) is 5.92 Å². The Balaban J connectivity index is 1.31. The zero-order chi connectivity index (χ0) is 20.2. The highest BCUT2D eigenvalue weighted by molar-refractivity contribution is 5.84. The molecule has 0 amide bonds. The first-order valence-electron chi connectivity index (χ1n) is 12.8. The van der Waals surface area contributed by atoms with Crippen molar-refractivity contribution in [1.82, 2.24) is 4.90 Å². The number of carbonyl (C=O) groups excluding carboxylic acids is 1. The fourth-order valence-electron chi connectivity index (χ4n) is 9.21. The Bertz CT molecular complexity index is 628. The quantitative estimate of drug-likeness (QED) is 0.718. The summed E-state index contributed by atoms with van der Waals surface area (Å²) in [6.45, 7) is 8.05. The normalized spacial score (nSPS) is 50.4. The van der Waals surface area contributed by atoms with Crippen molar-refractivity contribution in [3.05, 3.63) is 0 Å². The molecular formula is C26H43NO2. The number of carbonyl (C=O) groups is 1. The first-order chi connectivity index (χ1) is 13.9. The van der Waals surface area contributed by atoms with E-state index in [4.69, 9.17) is 0 Å². The maximum atomic E-state index is 13.4. The van der Waals surface area contributed by atoms with Crippen LogP contribution in [0.15, 0.2) is 0 Å². The van der Waals surface area contributed by atoms with E-state index in [-0.39, 0.29) is 11.5 Å². The van der Waals surface area contributed by atoms with Gasteiger partial charge in [0.1, 0.15) is 5.78 Å². The zero-order valence-corrected chi connectivity index (χ0v) is 18.9. The summed E-state index contributed by atoms with van der Waals surface area (Å²) in [5.74, 6) is 4.04. The van der Waals surface area contributed by atoms with Gasteiger partial charge in [-0.1, -0.05) is 20.3 Å². The van der Waals surface area contributed by atoms with Crippen LogP contribution in [-0.4, -0.2) is 41.5 Å². The Labute approximate surface area is 178 Å². The summed E-state index contributed by atoms with van der Waals surface area (Å²) in [6, 6.07) is 0. The highest BCUT2D eigenvalue weighted by atomic mass is 16.3. The van der Waals surface area contributed by atoms with Crippen molar-refractivity contribution >= 4 is 5.78 Å². The molecule has 1 N–H and O–H groups in total. The molecule has 5 fully saturated rings. The number of nitrogens with zero attached hydrogens (tertiary/aromatic N) is 1. The largest absolute Gasteiger partial charge is 0.393 e. The molecule has 0 bridgehead atoms. The number of aliphatic hydroxyl groups is 1. The van der Waals surface area contributed by atoms with Crippen LogP contribution in [0.5, 0.6) is 0 Å². The third-order valence-electron chi connectivity index (χ3n) is 10.9. The average Bonchev–Trinajstić information content (AvgIpc) is 3.06. The summed E-state index contributed by atoms with van der Waals surface area (Å²) in [7, 11) is 0. The van der Waals surface area contributed by atoms with Crippen LogP contribution >= 0.6 is 0 Å². The van der Waals surface area contributed by atoms with E-state index in [0.717, 1.165) is 62.6 Å². The van der Waals surface area contributed by atoms with Gasteiger partial charge < -0.3 is 5.11 Å². The Kier molecular flexibility index (Phi) is 5.39. The minimum Gasteiger partial charge on any atom is -0.393 e. The van der Waals surface area contributed by atoms with Crippen LogP contribution in [0.25, 0.3) is 0 Å². The van der Waals surface area contributed by atoms with Crippen molar-refractivity contribution in [1.29, 1.82) is 0 Å². The van der Waals surface area contributed by atoms with E-state index in [0.29, 0.717) is 17.1 Å². The molecule has 0 unspecified atom stereocenters. The van der Waals surface area contributed by atoms with Crippen LogP contribution < -0.4 is 0 Å². The van der Waals surface area contributed by atoms with Crippen LogP contribution in [0.1, 0.15) is 90.9 Å². The molecule has 0 aromatic heterocycles. The number of fused-ring (bicyclic) bond motifs is 5. The SMILES string of the molecule is C[C@]12CC[C@H](O)C[C@@H]1CC[C@@H]1[C@@H]2CC[C@]2(C)[C@@H](C(=O)CN3CCCCC3)CC[C@@H]12. The van der Waals surface area contributed by atoms with Crippen LogP contribution in [0.2, 0.25) is 0 Å². The van der Waals surface area contributed by atoms with Gasteiger partial charge in [-0.3, -0.25) is 9.69 Å². The molecule has 0 aromatic carbocycles. The van der Waals surface area contributed by atoms with Gasteiger partial charge in [0.05, 0.1) is 12.6 Å². The molecule has 8 atom stereocenters. The molecule has 0 aromatic rings. The molecule has 3 heteroatoms. The van der Waals surface area contributed by atoms with Crippen molar-refractivity contribution in [3.63, 3.8) is 0 Å². The van der Waals surface area contributed by atoms with Gasteiger partial charge in [-0.25, -0.2) is 0 Å². The summed E-state index contributed by atoms with van der Waals surface area (Å²) in [6.07, 6.45) is 14.8. The van der Waals surface area contributed by atoms with Gasteiger partial charge in [-0.2, -0.15) is 0 Å². The van der Waals surface area contributed by atoms with Gasteiger partial charge >= 0.3 is 0 Å². The summed E-state index contributed by atoms with van der Waals surface area (Å²) in [5.41, 5.74) is 0.699. The van der Waals surface area contributed by atoms with Crippen molar-refractivity contribution in [2.75, 3.05) is 19.6 Å². The van der Waals surface area contributed by atoms with Crippen molar-refractivity contribution in [2.45, 2.75) is 97.0 Å². The molecule has 4 aliphatic carbocycles. The van der Waals surface area contributed by atoms with E-state index in [1.807, 2.05) is 0 Å². The molecule has 3 nitrogen and oxygen atoms in total. The average molecular weight is 402 g/mol. The lowest BCUT2D eigenvalue weighted by Crippen LogP contribution is -2.54. The van der Waals surface area contributed by atoms with Gasteiger partial charge in [0.25, 0.3) is 0 Å². The molecule has 1 aliphatic heterocycles. The number of hydrogen-bond acceptors (Lipinski definition) is 3. The van der Waals surface area contributed by atoms with Crippen molar-refractivity contribution in [2.24, 2.45) is 40.4 Å². The predicted octanol–water partition coefficient (Wildman–Crippen LogP) is 5.06. The second kappa shape index (κ2) is 7.62. The molecule has 5 rings (SSSR count). The van der Waals surface area contributed by atoms with E-state index in [1.54, 1.807) is 0 Å². The highest BCUT2D eigenvalue weighted by Crippen LogP contribution is 2.67. The number of piperidine rings is 1. The third-order valence-corrected chi connectivity index (χ3v) is 10.9. The topological polar surface area (TPSA) is 40.5 Å². The Morgan fingerprint density at radius 3 is 2.41 bits per heavy atom. The number of rotatable bonds is 3. The Morgan fingerprint density at radius 2 is 1.62 bits per heavy atom. The number of Topliss-reactive ketones (excluding diaryl/α,β-unsaturated/α-hetero) is 1. The first-order valence-corrected chi connectivity index (χ1v) is 12.8. The van der Waals surface area contributed by atoms with E-state index in [2.05, 4.69) is 18.7 Å².